The minimum Gasteiger partial charge on any atom is -0.494 e. The molecule has 2 heterocycles. The molecule has 2 aliphatic heterocycles. The van der Waals surface area contributed by atoms with Crippen molar-refractivity contribution in [1.29, 1.82) is 0 Å². The van der Waals surface area contributed by atoms with Gasteiger partial charge in [0.1, 0.15) is 17.6 Å². The van der Waals surface area contributed by atoms with Crippen molar-refractivity contribution in [2.45, 2.75) is 117 Å². The van der Waals surface area contributed by atoms with Gasteiger partial charge in [-0.25, -0.2) is 4.79 Å². The fourth-order valence-electron chi connectivity index (χ4n) is 12.3. The number of fused-ring (bicyclic) bond motifs is 6. The summed E-state index contributed by atoms with van der Waals surface area (Å²) in [4.78, 5) is 45.6. The Morgan fingerprint density at radius 1 is 0.931 bits per heavy atom. The van der Waals surface area contributed by atoms with Gasteiger partial charge in [0.05, 0.1) is 28.0 Å². The van der Waals surface area contributed by atoms with Gasteiger partial charge in [0, 0.05) is 51.0 Å². The van der Waals surface area contributed by atoms with E-state index in [1.165, 1.54) is 12.0 Å². The molecule has 4 aliphatic carbocycles. The second-order valence-electron chi connectivity index (χ2n) is 18.5. The molecule has 8 unspecified atom stereocenters. The van der Waals surface area contributed by atoms with Gasteiger partial charge in [-0.05, 0) is 137 Å². The van der Waals surface area contributed by atoms with Crippen molar-refractivity contribution in [2.24, 2.45) is 34.5 Å². The number of unbranched alkanes of at least 4 members (excludes halogenated alkanes) is 1. The topological polar surface area (TPSA) is 88.6 Å². The van der Waals surface area contributed by atoms with Gasteiger partial charge in [0.15, 0.2) is 6.23 Å². The molecule has 3 saturated carbocycles. The molecule has 0 N–H and O–H groups in total. The van der Waals surface area contributed by atoms with Crippen molar-refractivity contribution in [3.8, 4) is 5.75 Å². The lowest BCUT2D eigenvalue weighted by Crippen LogP contribution is -2.51. The standard InChI is InChI=1S/C47H61Cl2N3O6/c1-30(53)37-15-16-38-36-14-12-33-28-35(18-20-46(33,3)39(36)19-21-47(37,38)4)58-45(55)57-31(2)52-42-29-34(13-10-32(42)11-17-43(52)54)56-27-6-5-22-50-23-25-51(26-24-50)41-9-7-8-40(48)44(41)49/h7-10,12-13,29,31,35-39H,5-6,11,14-28H2,1-4H3. The maximum absolute atomic E-state index is 13.3. The number of halogens is 2. The van der Waals surface area contributed by atoms with Crippen LogP contribution >= 0.6 is 23.2 Å². The molecule has 8 atom stereocenters. The number of hydrogen-bond donors (Lipinski definition) is 0. The molecule has 0 bridgehead atoms. The zero-order chi connectivity index (χ0) is 40.8. The van der Waals surface area contributed by atoms with Gasteiger partial charge in [-0.1, -0.05) is 60.8 Å². The number of nitrogens with zero attached hydrogens (tertiary/aromatic N) is 3. The van der Waals surface area contributed by atoms with E-state index in [9.17, 15) is 14.4 Å². The summed E-state index contributed by atoms with van der Waals surface area (Å²) in [5.41, 5.74) is 4.40. The number of aryl methyl sites for hydroxylation is 1. The van der Waals surface area contributed by atoms with Crippen LogP contribution in [0, 0.1) is 34.5 Å². The molecule has 2 aromatic carbocycles. The molecule has 11 heteroatoms. The van der Waals surface area contributed by atoms with Crippen LogP contribution in [0.25, 0.3) is 0 Å². The van der Waals surface area contributed by atoms with Gasteiger partial charge in [0.2, 0.25) is 5.91 Å². The molecule has 314 valence electrons. The highest BCUT2D eigenvalue weighted by Crippen LogP contribution is 2.66. The van der Waals surface area contributed by atoms with Gasteiger partial charge < -0.3 is 19.1 Å². The Balaban J connectivity index is 0.807. The zero-order valence-electron chi connectivity index (χ0n) is 34.8. The van der Waals surface area contributed by atoms with E-state index in [0.717, 1.165) is 107 Å². The zero-order valence-corrected chi connectivity index (χ0v) is 36.3. The highest BCUT2D eigenvalue weighted by molar-refractivity contribution is 6.43. The number of piperazine rings is 1. The summed E-state index contributed by atoms with van der Waals surface area (Å²) in [5, 5.41) is 1.21. The van der Waals surface area contributed by atoms with E-state index >= 15 is 0 Å². The predicted molar refractivity (Wildman–Crippen MR) is 229 cm³/mol. The van der Waals surface area contributed by atoms with Crippen molar-refractivity contribution < 1.29 is 28.6 Å². The first-order chi connectivity index (χ1) is 27.9. The smallest absolute Gasteiger partial charge is 0.494 e. The average molecular weight is 835 g/mol. The minimum atomic E-state index is -0.824. The first-order valence-electron chi connectivity index (χ1n) is 21.9. The third-order valence-electron chi connectivity index (χ3n) is 15.4. The number of allylic oxidation sites excluding steroid dienone is 1. The molecule has 0 spiro atoms. The fourth-order valence-corrected chi connectivity index (χ4v) is 12.7. The lowest BCUT2D eigenvalue weighted by molar-refractivity contribution is -0.127. The van der Waals surface area contributed by atoms with E-state index in [1.54, 1.807) is 18.7 Å². The Morgan fingerprint density at radius 2 is 1.74 bits per heavy atom. The van der Waals surface area contributed by atoms with Crippen LogP contribution in [0.2, 0.25) is 10.0 Å². The summed E-state index contributed by atoms with van der Waals surface area (Å²) >= 11 is 12.7. The second-order valence-corrected chi connectivity index (χ2v) is 19.3. The number of anilines is 2. The van der Waals surface area contributed by atoms with Gasteiger partial charge in [-0.15, -0.1) is 0 Å². The third kappa shape index (κ3) is 8.01. The summed E-state index contributed by atoms with van der Waals surface area (Å²) in [6, 6.07) is 11.7. The predicted octanol–water partition coefficient (Wildman–Crippen LogP) is 10.3. The van der Waals surface area contributed by atoms with E-state index in [0.29, 0.717) is 58.8 Å². The SMILES string of the molecule is CC(=O)C1CCC2C3CC=C4CC(OC(=O)OC(C)N5C(=O)CCc6ccc(OCCCCN7CCN(c8cccc(Cl)c8Cl)CC7)cc65)CCC4(C)C3CCC12C. The van der Waals surface area contributed by atoms with Crippen molar-refractivity contribution >= 4 is 52.4 Å². The number of ketones is 1. The van der Waals surface area contributed by atoms with Crippen LogP contribution in [0.4, 0.5) is 16.2 Å². The number of benzene rings is 2. The highest BCUT2D eigenvalue weighted by atomic mass is 35.5. The Hall–Kier alpha value is -3.27. The summed E-state index contributed by atoms with van der Waals surface area (Å²) in [6.45, 7) is 13.7. The summed E-state index contributed by atoms with van der Waals surface area (Å²) in [6.07, 6.45) is 11.6. The fraction of sp³-hybridized carbons (Fsp3) is 0.638. The average Bonchev–Trinajstić information content (AvgIpc) is 3.57. The van der Waals surface area contributed by atoms with E-state index in [2.05, 4.69) is 29.7 Å². The van der Waals surface area contributed by atoms with E-state index in [-0.39, 0.29) is 28.8 Å². The van der Waals surface area contributed by atoms with Gasteiger partial charge >= 0.3 is 6.16 Å². The van der Waals surface area contributed by atoms with Crippen LogP contribution in [0.3, 0.4) is 0 Å². The van der Waals surface area contributed by atoms with Crippen molar-refractivity contribution in [3.63, 3.8) is 0 Å². The molecular formula is C47H61Cl2N3O6. The number of ether oxygens (including phenoxy) is 3. The van der Waals surface area contributed by atoms with E-state index in [4.69, 9.17) is 37.4 Å². The van der Waals surface area contributed by atoms with Crippen LogP contribution < -0.4 is 14.5 Å². The first kappa shape index (κ1) is 41.5. The number of carbonyl (C=O) groups is 3. The van der Waals surface area contributed by atoms with Crippen LogP contribution in [-0.2, 0) is 25.5 Å². The lowest BCUT2D eigenvalue weighted by atomic mass is 9.47. The minimum absolute atomic E-state index is 0.0847. The normalized spacial score (nSPS) is 31.3. The van der Waals surface area contributed by atoms with Crippen LogP contribution in [0.15, 0.2) is 48.0 Å². The largest absolute Gasteiger partial charge is 0.510 e. The lowest BCUT2D eigenvalue weighted by Gasteiger charge is -2.58. The number of amides is 1. The van der Waals surface area contributed by atoms with Crippen LogP contribution in [-0.4, -0.2) is 74.4 Å². The summed E-state index contributed by atoms with van der Waals surface area (Å²) < 4.78 is 18.0. The maximum Gasteiger partial charge on any atom is 0.510 e. The molecular weight excluding hydrogens is 773 g/mol. The Kier molecular flexibility index (Phi) is 12.2. The second kappa shape index (κ2) is 17.0. The van der Waals surface area contributed by atoms with Gasteiger partial charge in [-0.2, -0.15) is 0 Å². The molecule has 58 heavy (non-hydrogen) atoms. The number of carbonyl (C=O) groups excluding carboxylic acids is 3. The van der Waals surface area contributed by atoms with E-state index < -0.39 is 12.4 Å². The number of Topliss-reactive ketones (excluding diaryl/α,β-unsaturated/α-hetero) is 1. The van der Waals surface area contributed by atoms with Gasteiger partial charge in [0.25, 0.3) is 0 Å². The molecule has 6 aliphatic rings. The van der Waals surface area contributed by atoms with Crippen molar-refractivity contribution in [1.82, 2.24) is 4.90 Å². The maximum atomic E-state index is 13.3. The van der Waals surface area contributed by atoms with Crippen molar-refractivity contribution in [2.75, 3.05) is 49.1 Å². The molecule has 9 nitrogen and oxygen atoms in total. The summed E-state index contributed by atoms with van der Waals surface area (Å²) in [5.74, 6) is 3.03. The number of hydrogen-bond acceptors (Lipinski definition) is 8. The molecule has 1 saturated heterocycles. The Bertz CT molecular complexity index is 1910. The van der Waals surface area contributed by atoms with Crippen LogP contribution in [0.1, 0.15) is 104 Å². The highest BCUT2D eigenvalue weighted by Gasteiger charge is 2.59. The summed E-state index contributed by atoms with van der Waals surface area (Å²) in [7, 11) is 0. The first-order valence-corrected chi connectivity index (χ1v) is 22.7. The van der Waals surface area contributed by atoms with E-state index in [1.807, 2.05) is 36.4 Å². The monoisotopic (exact) mass is 833 g/mol. The molecule has 4 fully saturated rings. The Labute approximate surface area is 354 Å². The quantitative estimate of drug-likeness (QED) is 0.126. The molecule has 0 radical (unpaired) electrons. The molecule has 2 aromatic rings. The van der Waals surface area contributed by atoms with Crippen LogP contribution in [0.5, 0.6) is 5.75 Å². The number of rotatable bonds is 11. The van der Waals surface area contributed by atoms with Crippen molar-refractivity contribution in [3.05, 3.63) is 63.7 Å². The molecule has 8 rings (SSSR count). The Morgan fingerprint density at radius 3 is 2.53 bits per heavy atom. The van der Waals surface area contributed by atoms with Gasteiger partial charge in [-0.3, -0.25) is 19.4 Å². The molecule has 0 aromatic heterocycles. The molecule has 1 amide bonds. The third-order valence-corrected chi connectivity index (χ3v) is 16.2.